The maximum atomic E-state index is 2.50. The molecule has 8 aromatic carbocycles. The Labute approximate surface area is 308 Å². The fourth-order valence-electron chi connectivity index (χ4n) is 9.28. The van der Waals surface area contributed by atoms with Gasteiger partial charge in [-0.15, -0.1) is 0 Å². The van der Waals surface area contributed by atoms with Crippen LogP contribution in [0.5, 0.6) is 0 Å². The van der Waals surface area contributed by atoms with E-state index in [1.165, 1.54) is 93.8 Å². The summed E-state index contributed by atoms with van der Waals surface area (Å²) in [6.07, 6.45) is 0. The molecule has 11 rings (SSSR count). The largest absolute Gasteiger partial charge is 0.309 e. The second kappa shape index (κ2) is 11.2. The van der Waals surface area contributed by atoms with Crippen molar-refractivity contribution >= 4 is 43.6 Å². The predicted octanol–water partition coefficient (Wildman–Crippen LogP) is 13.5. The molecular formula is C51H36N2. The van der Waals surface area contributed by atoms with Crippen molar-refractivity contribution in [1.82, 2.24) is 9.13 Å². The average molecular weight is 677 g/mol. The summed E-state index contributed by atoms with van der Waals surface area (Å²) in [6.45, 7) is 4.75. The van der Waals surface area contributed by atoms with E-state index in [2.05, 4.69) is 205 Å². The lowest BCUT2D eigenvalue weighted by molar-refractivity contribution is 0.656. The van der Waals surface area contributed by atoms with Crippen molar-refractivity contribution in [2.24, 2.45) is 0 Å². The molecule has 0 amide bonds. The van der Waals surface area contributed by atoms with Crippen LogP contribution in [-0.4, -0.2) is 9.13 Å². The standard InChI is InChI=1S/C51H36N2/c1-51(2)44-19-9-6-15-38(44)41-18-12-22-49(50(41)51)53-46-21-11-8-17-40(46)43-32-36(26-30-48(43)53)35-25-29-47-42(31-35)39-16-7-10-20-45(39)52(47)37-27-23-34(24-28-37)33-13-4-3-5-14-33/h3-32H,1-2H3. The van der Waals surface area contributed by atoms with Gasteiger partial charge in [0.25, 0.3) is 0 Å². The number of para-hydroxylation sites is 2. The summed E-state index contributed by atoms with van der Waals surface area (Å²) >= 11 is 0. The monoisotopic (exact) mass is 676 g/mol. The van der Waals surface area contributed by atoms with E-state index in [1.54, 1.807) is 0 Å². The Kier molecular flexibility index (Phi) is 6.33. The van der Waals surface area contributed by atoms with Gasteiger partial charge >= 0.3 is 0 Å². The first kappa shape index (κ1) is 30.0. The van der Waals surface area contributed by atoms with E-state index >= 15 is 0 Å². The molecule has 0 aliphatic heterocycles. The van der Waals surface area contributed by atoms with Gasteiger partial charge in [0.2, 0.25) is 0 Å². The maximum Gasteiger partial charge on any atom is 0.0541 e. The third-order valence-electron chi connectivity index (χ3n) is 11.7. The van der Waals surface area contributed by atoms with Crippen molar-refractivity contribution in [2.45, 2.75) is 19.3 Å². The fourth-order valence-corrected chi connectivity index (χ4v) is 9.28. The van der Waals surface area contributed by atoms with Gasteiger partial charge in [0.1, 0.15) is 0 Å². The van der Waals surface area contributed by atoms with Crippen molar-refractivity contribution in [3.8, 4) is 44.8 Å². The summed E-state index contributed by atoms with van der Waals surface area (Å²) in [4.78, 5) is 0. The molecule has 2 nitrogen and oxygen atoms in total. The van der Waals surface area contributed by atoms with Gasteiger partial charge in [0, 0.05) is 32.6 Å². The number of hydrogen-bond acceptors (Lipinski definition) is 0. The Morgan fingerprint density at radius 1 is 0.358 bits per heavy atom. The minimum absolute atomic E-state index is 0.112. The molecule has 250 valence electrons. The first-order chi connectivity index (χ1) is 26.1. The van der Waals surface area contributed by atoms with Gasteiger partial charge in [0.05, 0.1) is 27.8 Å². The Morgan fingerprint density at radius 3 is 1.57 bits per heavy atom. The molecule has 0 saturated heterocycles. The van der Waals surface area contributed by atoms with Crippen LogP contribution in [0.2, 0.25) is 0 Å². The Morgan fingerprint density at radius 2 is 0.868 bits per heavy atom. The Hall–Kier alpha value is -6.64. The lowest BCUT2D eigenvalue weighted by atomic mass is 9.81. The number of hydrogen-bond donors (Lipinski definition) is 0. The van der Waals surface area contributed by atoms with E-state index in [-0.39, 0.29) is 5.41 Å². The maximum absolute atomic E-state index is 2.50. The molecule has 0 radical (unpaired) electrons. The third kappa shape index (κ3) is 4.33. The highest BCUT2D eigenvalue weighted by atomic mass is 15.0. The van der Waals surface area contributed by atoms with Crippen molar-refractivity contribution in [3.05, 3.63) is 193 Å². The van der Waals surface area contributed by atoms with Gasteiger partial charge in [0.15, 0.2) is 0 Å². The summed E-state index contributed by atoms with van der Waals surface area (Å²) < 4.78 is 4.90. The van der Waals surface area contributed by atoms with Crippen LogP contribution in [0.25, 0.3) is 88.4 Å². The van der Waals surface area contributed by atoms with Crippen molar-refractivity contribution < 1.29 is 0 Å². The third-order valence-corrected chi connectivity index (χ3v) is 11.7. The lowest BCUT2D eigenvalue weighted by Gasteiger charge is -2.25. The molecule has 0 atom stereocenters. The summed E-state index contributed by atoms with van der Waals surface area (Å²) in [7, 11) is 0. The molecular weight excluding hydrogens is 641 g/mol. The molecule has 2 aromatic heterocycles. The number of rotatable bonds is 4. The molecule has 0 fully saturated rings. The van der Waals surface area contributed by atoms with Crippen LogP contribution in [-0.2, 0) is 5.41 Å². The smallest absolute Gasteiger partial charge is 0.0541 e. The number of fused-ring (bicyclic) bond motifs is 9. The van der Waals surface area contributed by atoms with Crippen molar-refractivity contribution in [2.75, 3.05) is 0 Å². The first-order valence-electron chi connectivity index (χ1n) is 18.5. The average Bonchev–Trinajstić information content (AvgIpc) is 3.81. The van der Waals surface area contributed by atoms with Crippen LogP contribution in [0.1, 0.15) is 25.0 Å². The zero-order valence-corrected chi connectivity index (χ0v) is 29.7. The van der Waals surface area contributed by atoms with Crippen LogP contribution >= 0.6 is 0 Å². The van der Waals surface area contributed by atoms with E-state index < -0.39 is 0 Å². The number of aromatic nitrogens is 2. The van der Waals surface area contributed by atoms with Crippen LogP contribution in [0.3, 0.4) is 0 Å². The molecule has 1 aliphatic carbocycles. The van der Waals surface area contributed by atoms with E-state index in [0.29, 0.717) is 0 Å². The molecule has 1 aliphatic rings. The summed E-state index contributed by atoms with van der Waals surface area (Å²) in [5.74, 6) is 0. The molecule has 0 unspecified atom stereocenters. The molecule has 53 heavy (non-hydrogen) atoms. The van der Waals surface area contributed by atoms with E-state index in [0.717, 1.165) is 5.69 Å². The highest BCUT2D eigenvalue weighted by molar-refractivity contribution is 6.13. The molecule has 10 aromatic rings. The predicted molar refractivity (Wildman–Crippen MR) is 224 cm³/mol. The molecule has 2 heterocycles. The first-order valence-corrected chi connectivity index (χ1v) is 18.5. The summed E-state index contributed by atoms with van der Waals surface area (Å²) in [6, 6.07) is 67.0. The van der Waals surface area contributed by atoms with Crippen molar-refractivity contribution in [3.63, 3.8) is 0 Å². The van der Waals surface area contributed by atoms with E-state index in [9.17, 15) is 0 Å². The normalized spacial score (nSPS) is 13.2. The van der Waals surface area contributed by atoms with E-state index in [4.69, 9.17) is 0 Å². The zero-order valence-electron chi connectivity index (χ0n) is 29.7. The molecule has 0 spiro atoms. The van der Waals surface area contributed by atoms with Crippen LogP contribution < -0.4 is 0 Å². The Balaban J connectivity index is 1.07. The summed E-state index contributed by atoms with van der Waals surface area (Å²) in [5, 5.41) is 5.06. The highest BCUT2D eigenvalue weighted by Crippen LogP contribution is 2.52. The fraction of sp³-hybridized carbons (Fsp3) is 0.0588. The quantitative estimate of drug-likeness (QED) is 0.176. The van der Waals surface area contributed by atoms with Gasteiger partial charge in [-0.3, -0.25) is 0 Å². The van der Waals surface area contributed by atoms with E-state index in [1.807, 2.05) is 0 Å². The van der Waals surface area contributed by atoms with Gasteiger partial charge < -0.3 is 9.13 Å². The minimum atomic E-state index is -0.112. The Bertz CT molecular complexity index is 3060. The lowest BCUT2D eigenvalue weighted by Crippen LogP contribution is -2.17. The topological polar surface area (TPSA) is 9.86 Å². The molecule has 0 saturated carbocycles. The van der Waals surface area contributed by atoms with Crippen LogP contribution in [0.15, 0.2) is 182 Å². The molecule has 0 bridgehead atoms. The van der Waals surface area contributed by atoms with Crippen LogP contribution in [0.4, 0.5) is 0 Å². The van der Waals surface area contributed by atoms with Gasteiger partial charge in [-0.25, -0.2) is 0 Å². The highest BCUT2D eigenvalue weighted by Gasteiger charge is 2.38. The minimum Gasteiger partial charge on any atom is -0.309 e. The zero-order chi connectivity index (χ0) is 35.3. The van der Waals surface area contributed by atoms with Gasteiger partial charge in [-0.1, -0.05) is 141 Å². The molecule has 0 N–H and O–H groups in total. The number of benzene rings is 8. The number of nitrogens with zero attached hydrogens (tertiary/aromatic N) is 2. The molecule has 2 heteroatoms. The van der Waals surface area contributed by atoms with Crippen molar-refractivity contribution in [1.29, 1.82) is 0 Å². The van der Waals surface area contributed by atoms with Gasteiger partial charge in [-0.05, 0) is 99.1 Å². The van der Waals surface area contributed by atoms with Gasteiger partial charge in [-0.2, -0.15) is 0 Å². The second-order valence-corrected chi connectivity index (χ2v) is 15.0. The SMILES string of the molecule is CC1(C)c2ccccc2-c2cccc(-n3c4ccccc4c4cc(-c5ccc6c(c5)c5ccccc5n6-c5ccc(-c6ccccc6)cc5)ccc43)c21. The summed E-state index contributed by atoms with van der Waals surface area (Å²) in [5.41, 5.74) is 17.6. The second-order valence-electron chi connectivity index (χ2n) is 15.0. The van der Waals surface area contributed by atoms with Crippen LogP contribution in [0, 0.1) is 0 Å².